The summed E-state index contributed by atoms with van der Waals surface area (Å²) < 4.78 is 5.94. The molecule has 344 valence electrons. The average Bonchev–Trinajstić information content (AvgIpc) is 3.22. The summed E-state index contributed by atoms with van der Waals surface area (Å²) in [7, 11) is 0. The van der Waals surface area contributed by atoms with Gasteiger partial charge in [0.05, 0.1) is 25.2 Å². The number of aliphatic hydroxyl groups excluding tert-OH is 2. The Morgan fingerprint density at radius 2 is 0.828 bits per heavy atom. The lowest BCUT2D eigenvalue weighted by molar-refractivity contribution is -0.151. The van der Waals surface area contributed by atoms with E-state index in [1.807, 2.05) is 0 Å². The highest BCUT2D eigenvalue weighted by Gasteiger charge is 2.24. The number of allylic oxidation sites excluding steroid dienone is 2. The number of hydrogen-bond donors (Lipinski definition) is 3. The Bertz CT molecular complexity index is 878. The number of nitrogens with one attached hydrogen (secondary N) is 1. The van der Waals surface area contributed by atoms with E-state index in [-0.39, 0.29) is 24.9 Å². The molecule has 0 heterocycles. The van der Waals surface area contributed by atoms with Crippen LogP contribution in [0.15, 0.2) is 12.2 Å². The van der Waals surface area contributed by atoms with Crippen LogP contribution in [0.3, 0.4) is 0 Å². The second-order valence-corrected chi connectivity index (χ2v) is 17.9. The maximum atomic E-state index is 13.2. The van der Waals surface area contributed by atoms with Crippen LogP contribution >= 0.6 is 0 Å². The van der Waals surface area contributed by atoms with Crippen molar-refractivity contribution in [2.24, 2.45) is 0 Å². The molecule has 0 aliphatic heterocycles. The first-order valence-corrected chi connectivity index (χ1v) is 25.9. The summed E-state index contributed by atoms with van der Waals surface area (Å²) >= 11 is 0. The normalized spacial score (nSPS) is 13.3. The van der Waals surface area contributed by atoms with E-state index in [2.05, 4.69) is 38.2 Å². The summed E-state index contributed by atoms with van der Waals surface area (Å²) in [6.45, 7) is 6.48. The number of unbranched alkanes of at least 4 members (excludes halogenated alkanes) is 33. The van der Waals surface area contributed by atoms with Gasteiger partial charge in [-0.3, -0.25) is 9.59 Å². The van der Waals surface area contributed by atoms with Gasteiger partial charge in [0.25, 0.3) is 0 Å². The SMILES string of the molecule is CCCCCC/C=C\CCCCCCCCCC(=O)OC(CCCCCCCCCCCCCCCC)CC(=O)NC(CO)C(O)CCCCCCCCCCCC. The number of carbonyl (C=O) groups is 2. The molecule has 58 heavy (non-hydrogen) atoms. The van der Waals surface area contributed by atoms with Gasteiger partial charge in [0.1, 0.15) is 6.10 Å². The Labute approximate surface area is 361 Å². The lowest BCUT2D eigenvalue weighted by atomic mass is 10.0. The van der Waals surface area contributed by atoms with Gasteiger partial charge in [0.2, 0.25) is 5.91 Å². The van der Waals surface area contributed by atoms with Crippen LogP contribution in [-0.2, 0) is 14.3 Å². The lowest BCUT2D eigenvalue weighted by Crippen LogP contribution is -2.46. The van der Waals surface area contributed by atoms with Gasteiger partial charge in [-0.25, -0.2) is 0 Å². The van der Waals surface area contributed by atoms with Crippen molar-refractivity contribution in [1.29, 1.82) is 0 Å². The molecule has 6 heteroatoms. The highest BCUT2D eigenvalue weighted by Crippen LogP contribution is 2.18. The van der Waals surface area contributed by atoms with Gasteiger partial charge >= 0.3 is 5.97 Å². The maximum absolute atomic E-state index is 13.2. The van der Waals surface area contributed by atoms with E-state index >= 15 is 0 Å². The summed E-state index contributed by atoms with van der Waals surface area (Å²) in [4.78, 5) is 26.1. The Kier molecular flexibility index (Phi) is 45.5. The van der Waals surface area contributed by atoms with Crippen LogP contribution in [0, 0.1) is 0 Å². The zero-order valence-corrected chi connectivity index (χ0v) is 39.2. The number of aliphatic hydroxyl groups is 2. The molecule has 0 spiro atoms. The molecule has 0 saturated heterocycles. The van der Waals surface area contributed by atoms with E-state index in [9.17, 15) is 19.8 Å². The molecule has 0 fully saturated rings. The van der Waals surface area contributed by atoms with Crippen molar-refractivity contribution in [1.82, 2.24) is 5.32 Å². The van der Waals surface area contributed by atoms with E-state index in [0.29, 0.717) is 19.3 Å². The summed E-state index contributed by atoms with van der Waals surface area (Å²) in [5, 5.41) is 23.7. The van der Waals surface area contributed by atoms with E-state index in [0.717, 1.165) is 44.9 Å². The quantitative estimate of drug-likeness (QED) is 0.0323. The van der Waals surface area contributed by atoms with Crippen molar-refractivity contribution in [3.63, 3.8) is 0 Å². The molecule has 0 radical (unpaired) electrons. The van der Waals surface area contributed by atoms with Gasteiger partial charge in [-0.1, -0.05) is 232 Å². The van der Waals surface area contributed by atoms with Gasteiger partial charge in [-0.2, -0.15) is 0 Å². The predicted octanol–water partition coefficient (Wildman–Crippen LogP) is 15.3. The van der Waals surface area contributed by atoms with Crippen LogP contribution in [-0.4, -0.2) is 46.9 Å². The van der Waals surface area contributed by atoms with Crippen LogP contribution in [0.2, 0.25) is 0 Å². The minimum atomic E-state index is -0.781. The van der Waals surface area contributed by atoms with E-state index in [4.69, 9.17) is 4.74 Å². The average molecular weight is 820 g/mol. The van der Waals surface area contributed by atoms with Gasteiger partial charge in [0, 0.05) is 6.42 Å². The molecule has 0 saturated carbocycles. The topological polar surface area (TPSA) is 95.9 Å². The Hall–Kier alpha value is -1.40. The minimum absolute atomic E-state index is 0.0830. The molecule has 1 amide bonds. The van der Waals surface area contributed by atoms with Crippen molar-refractivity contribution in [3.8, 4) is 0 Å². The number of hydrogen-bond acceptors (Lipinski definition) is 5. The smallest absolute Gasteiger partial charge is 0.306 e. The molecule has 0 aromatic carbocycles. The summed E-state index contributed by atoms with van der Waals surface area (Å²) in [5.41, 5.74) is 0. The molecule has 0 aliphatic carbocycles. The third-order valence-corrected chi connectivity index (χ3v) is 12.1. The van der Waals surface area contributed by atoms with Crippen molar-refractivity contribution < 1.29 is 24.5 Å². The van der Waals surface area contributed by atoms with E-state index in [1.54, 1.807) is 0 Å². The third kappa shape index (κ3) is 41.3. The van der Waals surface area contributed by atoms with Crippen LogP contribution in [0.25, 0.3) is 0 Å². The van der Waals surface area contributed by atoms with Gasteiger partial charge in [-0.15, -0.1) is 0 Å². The monoisotopic (exact) mass is 820 g/mol. The van der Waals surface area contributed by atoms with E-state index in [1.165, 1.54) is 193 Å². The zero-order valence-electron chi connectivity index (χ0n) is 39.2. The van der Waals surface area contributed by atoms with E-state index < -0.39 is 18.2 Å². The van der Waals surface area contributed by atoms with Gasteiger partial charge in [0.15, 0.2) is 0 Å². The van der Waals surface area contributed by atoms with Crippen molar-refractivity contribution >= 4 is 11.9 Å². The largest absolute Gasteiger partial charge is 0.462 e. The Balaban J connectivity index is 4.54. The van der Waals surface area contributed by atoms with Crippen molar-refractivity contribution in [2.75, 3.05) is 6.61 Å². The zero-order chi connectivity index (χ0) is 42.4. The number of esters is 1. The van der Waals surface area contributed by atoms with Gasteiger partial charge in [-0.05, 0) is 51.4 Å². The first kappa shape index (κ1) is 56.6. The second-order valence-electron chi connectivity index (χ2n) is 17.9. The predicted molar refractivity (Wildman–Crippen MR) is 250 cm³/mol. The Morgan fingerprint density at radius 3 is 1.24 bits per heavy atom. The highest BCUT2D eigenvalue weighted by molar-refractivity contribution is 5.77. The molecule has 0 aromatic rings. The molecule has 0 bridgehead atoms. The highest BCUT2D eigenvalue weighted by atomic mass is 16.5. The second kappa shape index (κ2) is 46.7. The number of rotatable bonds is 47. The molecule has 0 aromatic heterocycles. The van der Waals surface area contributed by atoms with Crippen molar-refractivity contribution in [3.05, 3.63) is 12.2 Å². The summed E-state index contributed by atoms with van der Waals surface area (Å²) in [6, 6.07) is -0.694. The molecule has 3 N–H and O–H groups in total. The number of ether oxygens (including phenoxy) is 1. The maximum Gasteiger partial charge on any atom is 0.306 e. The lowest BCUT2D eigenvalue weighted by Gasteiger charge is -2.24. The fraction of sp³-hybridized carbons (Fsp3) is 0.923. The van der Waals surface area contributed by atoms with Crippen LogP contribution in [0.4, 0.5) is 0 Å². The number of amides is 1. The first-order valence-electron chi connectivity index (χ1n) is 25.9. The van der Waals surface area contributed by atoms with Crippen LogP contribution in [0.1, 0.15) is 284 Å². The van der Waals surface area contributed by atoms with Gasteiger partial charge < -0.3 is 20.3 Å². The van der Waals surface area contributed by atoms with Crippen LogP contribution in [0.5, 0.6) is 0 Å². The summed E-state index contributed by atoms with van der Waals surface area (Å²) in [5.74, 6) is -0.462. The fourth-order valence-electron chi connectivity index (χ4n) is 8.13. The minimum Gasteiger partial charge on any atom is -0.462 e. The molecule has 0 rings (SSSR count). The first-order chi connectivity index (χ1) is 28.5. The number of carbonyl (C=O) groups excluding carboxylic acids is 2. The fourth-order valence-corrected chi connectivity index (χ4v) is 8.13. The summed E-state index contributed by atoms with van der Waals surface area (Å²) in [6.07, 6.45) is 51.3. The molecule has 3 atom stereocenters. The molecular weight excluding hydrogens is 719 g/mol. The molecule has 6 nitrogen and oxygen atoms in total. The molecule has 0 aliphatic rings. The molecular formula is C52H101NO5. The van der Waals surface area contributed by atoms with Crippen LogP contribution < -0.4 is 5.32 Å². The molecule has 3 unspecified atom stereocenters. The third-order valence-electron chi connectivity index (χ3n) is 12.1. The standard InChI is InChI=1S/C52H101NO5/c1-4-7-10-13-16-19-22-24-26-28-30-33-36-39-42-45-52(57)58-48(43-40-37-34-31-29-27-25-23-20-17-14-11-8-5-2)46-51(56)53-49(47-54)50(55)44-41-38-35-32-21-18-15-12-9-6-3/h19,22,48-50,54-55H,4-18,20-21,23-47H2,1-3H3,(H,53,56)/b22-19-. The van der Waals surface area contributed by atoms with Crippen molar-refractivity contribution in [2.45, 2.75) is 302 Å². The Morgan fingerprint density at radius 1 is 0.483 bits per heavy atom.